The number of aliphatic hydroxyl groups is 1. The van der Waals surface area contributed by atoms with E-state index in [2.05, 4.69) is 11.1 Å². The molecule has 4 aromatic rings. The molecule has 0 aliphatic heterocycles. The number of aliphatic hydroxyl groups excluding tert-OH is 1. The summed E-state index contributed by atoms with van der Waals surface area (Å²) in [5, 5.41) is 12.1. The maximum absolute atomic E-state index is 11.2. The highest BCUT2D eigenvalue weighted by Crippen LogP contribution is 2.44. The van der Waals surface area contributed by atoms with Gasteiger partial charge in [0.15, 0.2) is 0 Å². The molecule has 6 nitrogen and oxygen atoms in total. The van der Waals surface area contributed by atoms with Gasteiger partial charge in [0.05, 0.1) is 53.0 Å². The van der Waals surface area contributed by atoms with Crippen LogP contribution in [0.2, 0.25) is 0 Å². The molecule has 1 N–H and O–H groups in total. The average molecular weight is 452 g/mol. The number of aryl methyl sites for hydroxylation is 1. The third-order valence-corrected chi connectivity index (χ3v) is 6.66. The van der Waals surface area contributed by atoms with E-state index in [1.54, 1.807) is 31.8 Å². The highest BCUT2D eigenvalue weighted by molar-refractivity contribution is 7.21. The summed E-state index contributed by atoms with van der Waals surface area (Å²) in [6.45, 7) is 10.5. The molecular weight excluding hydrogens is 422 g/mol. The zero-order chi connectivity index (χ0) is 23.2. The Labute approximate surface area is 192 Å². The molecule has 0 spiro atoms. The van der Waals surface area contributed by atoms with Crippen LogP contribution in [0.5, 0.6) is 5.75 Å². The Kier molecular flexibility index (Phi) is 5.92. The molecule has 2 aromatic carbocycles. The molecule has 0 bridgehead atoms. The van der Waals surface area contributed by atoms with Crippen molar-refractivity contribution >= 4 is 32.6 Å². The summed E-state index contributed by atoms with van der Waals surface area (Å²) in [5.74, 6) is 0.754. The third kappa shape index (κ3) is 3.96. The molecule has 0 saturated carbocycles. The average Bonchev–Trinajstić information content (AvgIpc) is 3.15. The summed E-state index contributed by atoms with van der Waals surface area (Å²) in [6.07, 6.45) is 1.07. The van der Waals surface area contributed by atoms with Crippen molar-refractivity contribution in [2.24, 2.45) is 5.41 Å². The Morgan fingerprint density at radius 1 is 1.06 bits per heavy atom. The van der Waals surface area contributed by atoms with Crippen LogP contribution in [0, 0.1) is 19.3 Å². The van der Waals surface area contributed by atoms with Crippen molar-refractivity contribution in [1.82, 2.24) is 15.0 Å². The van der Waals surface area contributed by atoms with Crippen LogP contribution in [-0.4, -0.2) is 34.3 Å². The van der Waals surface area contributed by atoms with Crippen LogP contribution in [0.15, 0.2) is 24.4 Å². The topological polar surface area (TPSA) is 77.4 Å². The van der Waals surface area contributed by atoms with Gasteiger partial charge in [-0.3, -0.25) is 4.98 Å². The van der Waals surface area contributed by atoms with Crippen molar-refractivity contribution in [2.45, 2.75) is 47.3 Å². The second-order valence-electron chi connectivity index (χ2n) is 9.23. The van der Waals surface area contributed by atoms with E-state index in [1.165, 1.54) is 0 Å². The number of thiazole rings is 1. The van der Waals surface area contributed by atoms with Crippen molar-refractivity contribution in [3.63, 3.8) is 0 Å². The molecule has 7 heteroatoms. The molecule has 0 fully saturated rings. The van der Waals surface area contributed by atoms with Gasteiger partial charge in [-0.15, -0.1) is 11.3 Å². The van der Waals surface area contributed by atoms with Crippen molar-refractivity contribution in [2.75, 3.05) is 14.2 Å². The first-order valence-electron chi connectivity index (χ1n) is 10.6. The van der Waals surface area contributed by atoms with Gasteiger partial charge in [-0.25, -0.2) is 9.97 Å². The molecule has 1 atom stereocenters. The lowest BCUT2D eigenvalue weighted by Gasteiger charge is -2.28. The monoisotopic (exact) mass is 451 g/mol. The maximum atomic E-state index is 11.2. The van der Waals surface area contributed by atoms with Gasteiger partial charge in [-0.05, 0) is 48.6 Å². The van der Waals surface area contributed by atoms with E-state index in [1.807, 2.05) is 46.8 Å². The van der Waals surface area contributed by atoms with Crippen LogP contribution in [-0.2, 0) is 11.3 Å². The summed E-state index contributed by atoms with van der Waals surface area (Å²) >= 11 is 1.57. The third-order valence-electron chi connectivity index (χ3n) is 5.62. The van der Waals surface area contributed by atoms with Crippen LogP contribution in [0.4, 0.5) is 0 Å². The molecule has 0 aliphatic rings. The molecule has 168 valence electrons. The van der Waals surface area contributed by atoms with Crippen LogP contribution in [0.3, 0.4) is 0 Å². The second kappa shape index (κ2) is 8.39. The van der Waals surface area contributed by atoms with Gasteiger partial charge in [0.1, 0.15) is 10.8 Å². The summed E-state index contributed by atoms with van der Waals surface area (Å²) in [5.41, 5.74) is 6.63. The van der Waals surface area contributed by atoms with Gasteiger partial charge >= 0.3 is 0 Å². The summed E-state index contributed by atoms with van der Waals surface area (Å²) in [6, 6.07) is 6.13. The summed E-state index contributed by atoms with van der Waals surface area (Å²) in [7, 11) is 3.30. The lowest BCUT2D eigenvalue weighted by Crippen LogP contribution is -2.19. The smallest absolute Gasteiger partial charge is 0.126 e. The molecule has 1 unspecified atom stereocenters. The van der Waals surface area contributed by atoms with Crippen molar-refractivity contribution < 1.29 is 14.6 Å². The fourth-order valence-corrected chi connectivity index (χ4v) is 4.97. The van der Waals surface area contributed by atoms with E-state index in [9.17, 15) is 5.11 Å². The number of nitrogens with zero attached hydrogens (tertiary/aromatic N) is 3. The highest BCUT2D eigenvalue weighted by Gasteiger charge is 2.30. The number of rotatable bonds is 5. The maximum Gasteiger partial charge on any atom is 0.126 e. The molecule has 2 aromatic heterocycles. The fraction of sp³-hybridized carbons (Fsp3) is 0.400. The number of ether oxygens (including phenoxy) is 2. The first-order chi connectivity index (χ1) is 15.1. The lowest BCUT2D eigenvalue weighted by atomic mass is 9.82. The zero-order valence-electron chi connectivity index (χ0n) is 19.6. The minimum absolute atomic E-state index is 0.340. The predicted molar refractivity (Wildman–Crippen MR) is 129 cm³/mol. The normalized spacial score (nSPS) is 13.1. The molecule has 32 heavy (non-hydrogen) atoms. The quantitative estimate of drug-likeness (QED) is 0.416. The number of hydrogen-bond acceptors (Lipinski definition) is 7. The number of hydrogen-bond donors (Lipinski definition) is 1. The first kappa shape index (κ1) is 22.6. The van der Waals surface area contributed by atoms with Crippen LogP contribution in [0.25, 0.3) is 31.8 Å². The van der Waals surface area contributed by atoms with Gasteiger partial charge < -0.3 is 14.6 Å². The Hall–Kier alpha value is -2.61. The standard InChI is InChI=1S/C25H29N3O3S/c1-13-8-16(21-17(9-13)27-15(11-26-21)12-30-6)24-28-22-19(32-24)10-18(31-7)14(2)20(22)23(29)25(3,4)5/h8-11,23,29H,12H2,1-7H3. The van der Waals surface area contributed by atoms with Gasteiger partial charge in [-0.1, -0.05) is 20.8 Å². The van der Waals surface area contributed by atoms with Crippen LogP contribution in [0.1, 0.15) is 49.3 Å². The van der Waals surface area contributed by atoms with E-state index in [0.717, 1.165) is 60.0 Å². The second-order valence-corrected chi connectivity index (χ2v) is 10.3. The van der Waals surface area contributed by atoms with Crippen LogP contribution < -0.4 is 4.74 Å². The lowest BCUT2D eigenvalue weighted by molar-refractivity contribution is 0.0631. The fourth-order valence-electron chi connectivity index (χ4n) is 3.94. The molecule has 0 saturated heterocycles. The molecule has 0 amide bonds. The SMILES string of the molecule is COCc1cnc2c(-c3nc4c(C(O)C(C)(C)C)c(C)c(OC)cc4s3)cc(C)cc2n1. The van der Waals surface area contributed by atoms with Gasteiger partial charge in [-0.2, -0.15) is 0 Å². The minimum atomic E-state index is -0.680. The van der Waals surface area contributed by atoms with E-state index in [-0.39, 0.29) is 5.41 Å². The van der Waals surface area contributed by atoms with Crippen LogP contribution >= 0.6 is 11.3 Å². The minimum Gasteiger partial charge on any atom is -0.496 e. The van der Waals surface area contributed by atoms with E-state index >= 15 is 0 Å². The van der Waals surface area contributed by atoms with E-state index < -0.39 is 6.10 Å². The molecular formula is C25H29N3O3S. The summed E-state index contributed by atoms with van der Waals surface area (Å²) < 4.78 is 11.8. The number of fused-ring (bicyclic) bond motifs is 2. The molecule has 0 radical (unpaired) electrons. The van der Waals surface area contributed by atoms with Crippen molar-refractivity contribution in [1.29, 1.82) is 0 Å². The first-order valence-corrected chi connectivity index (χ1v) is 11.4. The van der Waals surface area contributed by atoms with E-state index in [0.29, 0.717) is 6.61 Å². The van der Waals surface area contributed by atoms with E-state index in [4.69, 9.17) is 19.4 Å². The Balaban J connectivity index is 1.98. The van der Waals surface area contributed by atoms with Crippen molar-refractivity contribution in [3.8, 4) is 16.3 Å². The number of benzene rings is 2. The Bertz CT molecular complexity index is 1310. The Morgan fingerprint density at radius 2 is 1.81 bits per heavy atom. The zero-order valence-corrected chi connectivity index (χ0v) is 20.4. The van der Waals surface area contributed by atoms with Gasteiger partial charge in [0.25, 0.3) is 0 Å². The molecule has 0 aliphatic carbocycles. The summed E-state index contributed by atoms with van der Waals surface area (Å²) in [4.78, 5) is 14.4. The van der Waals surface area contributed by atoms with Crippen molar-refractivity contribution in [3.05, 3.63) is 46.8 Å². The Morgan fingerprint density at radius 3 is 2.47 bits per heavy atom. The number of aromatic nitrogens is 3. The molecule has 4 rings (SSSR count). The number of methoxy groups -OCH3 is 2. The molecule has 2 heterocycles. The largest absolute Gasteiger partial charge is 0.496 e. The van der Waals surface area contributed by atoms with Gasteiger partial charge in [0.2, 0.25) is 0 Å². The predicted octanol–water partition coefficient (Wildman–Crippen LogP) is 5.76. The van der Waals surface area contributed by atoms with Gasteiger partial charge in [0, 0.05) is 18.2 Å². The highest BCUT2D eigenvalue weighted by atomic mass is 32.1.